The summed E-state index contributed by atoms with van der Waals surface area (Å²) in [6.45, 7) is 1.11. The molecule has 1 unspecified atom stereocenters. The molecule has 42 valence electrons. The van der Waals surface area contributed by atoms with Gasteiger partial charge in [-0.25, -0.2) is 4.79 Å². The summed E-state index contributed by atoms with van der Waals surface area (Å²) in [5.41, 5.74) is 0. The zero-order valence-electron chi connectivity index (χ0n) is 3.72. The first-order valence-electron chi connectivity index (χ1n) is 1.69. The molecule has 7 heavy (non-hydrogen) atoms. The summed E-state index contributed by atoms with van der Waals surface area (Å²) in [6, 6.07) is 0. The van der Waals surface area contributed by atoms with Gasteiger partial charge in [-0.05, 0) is 6.92 Å². The fourth-order valence-corrected chi connectivity index (χ4v) is 0.0645. The van der Waals surface area contributed by atoms with Crippen molar-refractivity contribution in [2.75, 3.05) is 0 Å². The highest BCUT2D eigenvalue weighted by Gasteiger charge is 2.09. The normalized spacial score (nSPS) is 13.0. The van der Waals surface area contributed by atoms with Gasteiger partial charge in [-0.1, -0.05) is 0 Å². The molecule has 0 aromatic carbocycles. The van der Waals surface area contributed by atoms with E-state index in [1.54, 1.807) is 0 Å². The molecular weight excluding hydrogens is 103 g/mol. The molecule has 0 amide bonds. The molecule has 0 aliphatic heterocycles. The summed E-state index contributed by atoms with van der Waals surface area (Å²) in [5, 5.41) is 8.11. The smallest absolute Gasteiger partial charge is 0.376 e. The molecule has 0 fully saturated rings. The average Bonchev–Trinajstić information content (AvgIpc) is 1.65. The first-order valence-corrected chi connectivity index (χ1v) is 1.69. The van der Waals surface area contributed by atoms with Crippen LogP contribution in [0.25, 0.3) is 0 Å². The van der Waals surface area contributed by atoms with Crippen LogP contribution in [0.5, 0.6) is 0 Å². The molecule has 4 heteroatoms. The second kappa shape index (κ2) is 2.52. The number of hydrogen-bond acceptors (Lipinski definition) is 3. The van der Waals surface area contributed by atoms with E-state index >= 15 is 0 Å². The molecule has 0 rings (SSSR count). The molecule has 0 aliphatic carbocycles. The number of aliphatic hydroxyl groups excluding tert-OH is 1. The predicted molar refractivity (Wildman–Crippen MR) is 18.9 cm³/mol. The lowest BCUT2D eigenvalue weighted by molar-refractivity contribution is -0.192. The van der Waals surface area contributed by atoms with Crippen molar-refractivity contribution in [3.8, 4) is 0 Å². The molecule has 0 aromatic rings. The SMILES string of the molecule is CC(O)C(=O)OF. The summed E-state index contributed by atoms with van der Waals surface area (Å²) < 4.78 is 10.6. The Morgan fingerprint density at radius 1 is 2.00 bits per heavy atom. The number of carbonyl (C=O) groups excluding carboxylic acids is 1. The van der Waals surface area contributed by atoms with Gasteiger partial charge in [0.2, 0.25) is 0 Å². The van der Waals surface area contributed by atoms with E-state index in [9.17, 15) is 9.32 Å². The van der Waals surface area contributed by atoms with E-state index in [1.807, 2.05) is 0 Å². The Bertz CT molecular complexity index is 70.6. The summed E-state index contributed by atoms with van der Waals surface area (Å²) in [6.07, 6.45) is -1.37. The van der Waals surface area contributed by atoms with E-state index in [0.29, 0.717) is 0 Å². The van der Waals surface area contributed by atoms with E-state index in [0.717, 1.165) is 6.92 Å². The van der Waals surface area contributed by atoms with Crippen LogP contribution in [-0.2, 0) is 9.74 Å². The number of rotatable bonds is 1. The van der Waals surface area contributed by atoms with Gasteiger partial charge >= 0.3 is 5.97 Å². The Balaban J connectivity index is 3.35. The van der Waals surface area contributed by atoms with Crippen LogP contribution < -0.4 is 0 Å². The zero-order valence-corrected chi connectivity index (χ0v) is 3.72. The summed E-state index contributed by atoms with van der Waals surface area (Å²) >= 11 is 0. The number of hydrogen-bond donors (Lipinski definition) is 1. The molecule has 0 aromatic heterocycles. The molecule has 0 aliphatic rings. The molecule has 0 radical (unpaired) electrons. The maximum Gasteiger partial charge on any atom is 0.376 e. The summed E-state index contributed by atoms with van der Waals surface area (Å²) in [5.74, 6) is -1.26. The lowest BCUT2D eigenvalue weighted by Gasteiger charge is -1.92. The lowest BCUT2D eigenvalue weighted by atomic mass is 10.4. The Labute approximate surface area is 39.6 Å². The minimum absolute atomic E-state index is 1.11. The fourth-order valence-electron chi connectivity index (χ4n) is 0.0645. The topological polar surface area (TPSA) is 46.5 Å². The van der Waals surface area contributed by atoms with Crippen LogP contribution in [0.15, 0.2) is 0 Å². The number of carbonyl (C=O) groups is 1. The van der Waals surface area contributed by atoms with Crippen LogP contribution >= 0.6 is 0 Å². The van der Waals surface area contributed by atoms with Crippen LogP contribution in [0.1, 0.15) is 6.92 Å². The van der Waals surface area contributed by atoms with Crippen molar-refractivity contribution in [2.24, 2.45) is 0 Å². The second-order valence-electron chi connectivity index (χ2n) is 1.07. The van der Waals surface area contributed by atoms with Gasteiger partial charge in [0.15, 0.2) is 6.10 Å². The van der Waals surface area contributed by atoms with Crippen LogP contribution in [0, 0.1) is 0 Å². The molecule has 0 spiro atoms. The van der Waals surface area contributed by atoms with Crippen LogP contribution in [0.2, 0.25) is 0 Å². The average molecular weight is 108 g/mol. The lowest BCUT2D eigenvalue weighted by Crippen LogP contribution is -2.15. The minimum Gasteiger partial charge on any atom is -0.382 e. The number of aliphatic hydroxyl groups is 1. The maximum atomic E-state index is 10.6. The van der Waals surface area contributed by atoms with E-state index < -0.39 is 12.1 Å². The highest BCUT2D eigenvalue weighted by molar-refractivity contribution is 5.72. The Hall–Kier alpha value is -0.640. The molecule has 1 atom stereocenters. The van der Waals surface area contributed by atoms with Gasteiger partial charge in [-0.2, -0.15) is 0 Å². The predicted octanol–water partition coefficient (Wildman–Crippen LogP) is -0.205. The molecule has 0 saturated carbocycles. The maximum absolute atomic E-state index is 10.6. The molecule has 1 N–H and O–H groups in total. The monoisotopic (exact) mass is 108 g/mol. The first kappa shape index (κ1) is 6.36. The van der Waals surface area contributed by atoms with Crippen molar-refractivity contribution >= 4 is 5.97 Å². The first-order chi connectivity index (χ1) is 3.18. The van der Waals surface area contributed by atoms with Gasteiger partial charge < -0.3 is 5.11 Å². The third-order valence-corrected chi connectivity index (χ3v) is 0.417. The highest BCUT2D eigenvalue weighted by atomic mass is 19.3. The zero-order chi connectivity index (χ0) is 5.86. The standard InChI is InChI=1S/C3H5FO3/c1-2(5)3(6)7-4/h2,5H,1H3. The van der Waals surface area contributed by atoms with Gasteiger partial charge in [0.05, 0.1) is 0 Å². The summed E-state index contributed by atoms with van der Waals surface area (Å²) in [7, 11) is 0. The van der Waals surface area contributed by atoms with Crippen molar-refractivity contribution in [1.82, 2.24) is 0 Å². The molecule has 0 heterocycles. The Kier molecular flexibility index (Phi) is 2.29. The van der Waals surface area contributed by atoms with Crippen molar-refractivity contribution in [3.05, 3.63) is 0 Å². The largest absolute Gasteiger partial charge is 0.382 e. The molecular formula is C3H5FO3. The van der Waals surface area contributed by atoms with E-state index in [1.165, 1.54) is 0 Å². The van der Waals surface area contributed by atoms with Gasteiger partial charge in [0.1, 0.15) is 0 Å². The second-order valence-corrected chi connectivity index (χ2v) is 1.07. The fraction of sp³-hybridized carbons (Fsp3) is 0.667. The number of halogens is 1. The van der Waals surface area contributed by atoms with E-state index in [-0.39, 0.29) is 0 Å². The summed E-state index contributed by atoms with van der Waals surface area (Å²) in [4.78, 5) is 12.3. The molecule has 3 nitrogen and oxygen atoms in total. The third kappa shape index (κ3) is 2.11. The van der Waals surface area contributed by atoms with Crippen molar-refractivity contribution in [1.29, 1.82) is 0 Å². The van der Waals surface area contributed by atoms with Crippen LogP contribution in [0.3, 0.4) is 0 Å². The highest BCUT2D eigenvalue weighted by Crippen LogP contribution is 1.84. The van der Waals surface area contributed by atoms with Crippen molar-refractivity contribution < 1.29 is 19.4 Å². The third-order valence-electron chi connectivity index (χ3n) is 0.417. The van der Waals surface area contributed by atoms with Gasteiger partial charge in [0, 0.05) is 4.53 Å². The Morgan fingerprint density at radius 2 is 2.43 bits per heavy atom. The van der Waals surface area contributed by atoms with Gasteiger partial charge in [-0.3, -0.25) is 4.94 Å². The van der Waals surface area contributed by atoms with E-state index in [2.05, 4.69) is 4.94 Å². The molecule has 0 saturated heterocycles. The Morgan fingerprint density at radius 3 is 2.43 bits per heavy atom. The quantitative estimate of drug-likeness (QED) is 0.505. The minimum atomic E-state index is -1.37. The van der Waals surface area contributed by atoms with Crippen LogP contribution in [0.4, 0.5) is 4.53 Å². The van der Waals surface area contributed by atoms with Crippen molar-refractivity contribution in [2.45, 2.75) is 13.0 Å². The van der Waals surface area contributed by atoms with Gasteiger partial charge in [-0.15, -0.1) is 0 Å². The van der Waals surface area contributed by atoms with E-state index in [4.69, 9.17) is 5.11 Å². The van der Waals surface area contributed by atoms with Crippen LogP contribution in [-0.4, -0.2) is 17.2 Å². The molecule has 0 bridgehead atoms. The van der Waals surface area contributed by atoms with Gasteiger partial charge in [0.25, 0.3) is 0 Å². The van der Waals surface area contributed by atoms with Crippen molar-refractivity contribution in [3.63, 3.8) is 0 Å².